The zero-order chi connectivity index (χ0) is 15.7. The summed E-state index contributed by atoms with van der Waals surface area (Å²) in [5.74, 6) is 0.512. The summed E-state index contributed by atoms with van der Waals surface area (Å²) in [6, 6.07) is 17.8. The van der Waals surface area contributed by atoms with Gasteiger partial charge in [0.05, 0.1) is 0 Å². The van der Waals surface area contributed by atoms with Gasteiger partial charge in [-0.1, -0.05) is 42.5 Å². The standard InChI is InChI=1S/C19H18O3/c1-19(2,3)22-18(20)21-17-10-6-9-15-14-8-5-4-7-13(14)11-12-16(15)17/h4-12H,1-3H3. The SMILES string of the molecule is CC(C)(C)OC(=O)Oc1cccc2c1ccc1ccccc12. The molecule has 0 bridgehead atoms. The maximum Gasteiger partial charge on any atom is 0.514 e. The molecule has 0 radical (unpaired) electrons. The molecule has 0 amide bonds. The molecule has 0 unspecified atom stereocenters. The monoisotopic (exact) mass is 294 g/mol. The maximum atomic E-state index is 11.9. The lowest BCUT2D eigenvalue weighted by Crippen LogP contribution is -2.26. The average molecular weight is 294 g/mol. The molecule has 0 N–H and O–H groups in total. The molecule has 0 spiro atoms. The predicted molar refractivity (Wildman–Crippen MR) is 88.3 cm³/mol. The highest BCUT2D eigenvalue weighted by Gasteiger charge is 2.19. The van der Waals surface area contributed by atoms with Gasteiger partial charge in [0.2, 0.25) is 0 Å². The molecule has 3 nitrogen and oxygen atoms in total. The Morgan fingerprint density at radius 2 is 1.55 bits per heavy atom. The molecule has 3 rings (SSSR count). The van der Waals surface area contributed by atoms with E-state index in [1.807, 2.05) is 57.2 Å². The van der Waals surface area contributed by atoms with Crippen LogP contribution in [0.3, 0.4) is 0 Å². The first-order valence-corrected chi connectivity index (χ1v) is 7.25. The number of carbonyl (C=O) groups excluding carboxylic acids is 1. The Hall–Kier alpha value is -2.55. The molecular formula is C19H18O3. The zero-order valence-corrected chi connectivity index (χ0v) is 12.9. The van der Waals surface area contributed by atoms with Gasteiger partial charge in [0.25, 0.3) is 0 Å². The fraction of sp³-hybridized carbons (Fsp3) is 0.211. The van der Waals surface area contributed by atoms with Crippen LogP contribution >= 0.6 is 0 Å². The number of fused-ring (bicyclic) bond motifs is 3. The van der Waals surface area contributed by atoms with Gasteiger partial charge in [0, 0.05) is 5.39 Å². The van der Waals surface area contributed by atoms with E-state index >= 15 is 0 Å². The number of benzene rings is 3. The van der Waals surface area contributed by atoms with Crippen LogP contribution in [0.5, 0.6) is 5.75 Å². The van der Waals surface area contributed by atoms with Crippen molar-refractivity contribution in [2.75, 3.05) is 0 Å². The van der Waals surface area contributed by atoms with Crippen LogP contribution in [0.25, 0.3) is 21.5 Å². The third-order valence-corrected chi connectivity index (χ3v) is 3.33. The van der Waals surface area contributed by atoms with E-state index < -0.39 is 11.8 Å². The first-order valence-electron chi connectivity index (χ1n) is 7.25. The van der Waals surface area contributed by atoms with E-state index in [9.17, 15) is 4.79 Å². The van der Waals surface area contributed by atoms with Crippen LogP contribution in [0.15, 0.2) is 54.6 Å². The first kappa shape index (κ1) is 14.4. The highest BCUT2D eigenvalue weighted by atomic mass is 16.7. The van der Waals surface area contributed by atoms with Gasteiger partial charge < -0.3 is 9.47 Å². The van der Waals surface area contributed by atoms with Crippen molar-refractivity contribution in [3.8, 4) is 5.75 Å². The van der Waals surface area contributed by atoms with Crippen molar-refractivity contribution in [1.82, 2.24) is 0 Å². The number of hydrogen-bond acceptors (Lipinski definition) is 3. The molecule has 3 aromatic rings. The smallest absolute Gasteiger partial charge is 0.428 e. The summed E-state index contributed by atoms with van der Waals surface area (Å²) in [6.07, 6.45) is -0.687. The summed E-state index contributed by atoms with van der Waals surface area (Å²) in [6.45, 7) is 5.43. The highest BCUT2D eigenvalue weighted by molar-refractivity contribution is 6.09. The summed E-state index contributed by atoms with van der Waals surface area (Å²) < 4.78 is 10.6. The van der Waals surface area contributed by atoms with E-state index in [0.29, 0.717) is 5.75 Å². The molecule has 0 aliphatic carbocycles. The minimum Gasteiger partial charge on any atom is -0.428 e. The van der Waals surface area contributed by atoms with Gasteiger partial charge in [0.15, 0.2) is 0 Å². The number of carbonyl (C=O) groups is 1. The van der Waals surface area contributed by atoms with Gasteiger partial charge in [-0.05, 0) is 49.1 Å². The normalized spacial score (nSPS) is 11.6. The molecule has 3 aromatic carbocycles. The quantitative estimate of drug-likeness (QED) is 0.347. The Kier molecular flexibility index (Phi) is 3.49. The van der Waals surface area contributed by atoms with E-state index in [1.165, 1.54) is 0 Å². The molecular weight excluding hydrogens is 276 g/mol. The molecule has 0 saturated carbocycles. The van der Waals surface area contributed by atoms with Crippen LogP contribution < -0.4 is 4.74 Å². The van der Waals surface area contributed by atoms with E-state index in [1.54, 1.807) is 6.07 Å². The second kappa shape index (κ2) is 5.34. The van der Waals surface area contributed by atoms with Crippen molar-refractivity contribution in [1.29, 1.82) is 0 Å². The van der Waals surface area contributed by atoms with Crippen LogP contribution in [-0.2, 0) is 4.74 Å². The first-order chi connectivity index (χ1) is 10.4. The Labute approximate surface area is 129 Å². The summed E-state index contributed by atoms with van der Waals surface area (Å²) >= 11 is 0. The van der Waals surface area contributed by atoms with E-state index in [0.717, 1.165) is 21.5 Å². The lowest BCUT2D eigenvalue weighted by Gasteiger charge is -2.19. The molecule has 0 aliphatic rings. The Bertz CT molecular complexity index is 844. The lowest BCUT2D eigenvalue weighted by atomic mass is 10.0. The van der Waals surface area contributed by atoms with Crippen LogP contribution in [-0.4, -0.2) is 11.8 Å². The van der Waals surface area contributed by atoms with Crippen LogP contribution in [0, 0.1) is 0 Å². The molecule has 0 saturated heterocycles. The van der Waals surface area contributed by atoms with Crippen molar-refractivity contribution in [3.05, 3.63) is 54.6 Å². The fourth-order valence-corrected chi connectivity index (χ4v) is 2.46. The second-order valence-corrected chi connectivity index (χ2v) is 6.20. The van der Waals surface area contributed by atoms with Crippen molar-refractivity contribution >= 4 is 27.7 Å². The minimum absolute atomic E-state index is 0.512. The molecule has 3 heteroatoms. The van der Waals surface area contributed by atoms with Crippen LogP contribution in [0.1, 0.15) is 20.8 Å². The topological polar surface area (TPSA) is 35.5 Å². The van der Waals surface area contributed by atoms with Gasteiger partial charge in [-0.2, -0.15) is 0 Å². The zero-order valence-electron chi connectivity index (χ0n) is 12.9. The van der Waals surface area contributed by atoms with Gasteiger partial charge in [-0.3, -0.25) is 0 Å². The van der Waals surface area contributed by atoms with Crippen LogP contribution in [0.2, 0.25) is 0 Å². The summed E-state index contributed by atoms with van der Waals surface area (Å²) in [7, 11) is 0. The van der Waals surface area contributed by atoms with E-state index in [4.69, 9.17) is 9.47 Å². The lowest BCUT2D eigenvalue weighted by molar-refractivity contribution is 0.0209. The third-order valence-electron chi connectivity index (χ3n) is 3.33. The maximum absolute atomic E-state index is 11.9. The van der Waals surface area contributed by atoms with Crippen molar-refractivity contribution < 1.29 is 14.3 Å². The molecule has 0 aromatic heterocycles. The second-order valence-electron chi connectivity index (χ2n) is 6.20. The molecule has 0 atom stereocenters. The Morgan fingerprint density at radius 3 is 2.32 bits per heavy atom. The number of ether oxygens (including phenoxy) is 2. The predicted octanol–water partition coefficient (Wildman–Crippen LogP) is 5.31. The van der Waals surface area contributed by atoms with E-state index in [2.05, 4.69) is 12.1 Å². The number of hydrogen-bond donors (Lipinski definition) is 0. The number of rotatable bonds is 1. The molecule has 0 heterocycles. The summed E-state index contributed by atoms with van der Waals surface area (Å²) in [5, 5.41) is 4.24. The average Bonchev–Trinajstić information content (AvgIpc) is 2.45. The molecule has 0 fully saturated rings. The van der Waals surface area contributed by atoms with Gasteiger partial charge in [-0.25, -0.2) is 4.79 Å². The van der Waals surface area contributed by atoms with Crippen molar-refractivity contribution in [2.24, 2.45) is 0 Å². The Balaban J connectivity index is 2.04. The summed E-state index contributed by atoms with van der Waals surface area (Å²) in [4.78, 5) is 11.9. The van der Waals surface area contributed by atoms with E-state index in [-0.39, 0.29) is 0 Å². The van der Waals surface area contributed by atoms with Gasteiger partial charge in [0.1, 0.15) is 11.4 Å². The summed E-state index contributed by atoms with van der Waals surface area (Å²) in [5.41, 5.74) is -0.575. The highest BCUT2D eigenvalue weighted by Crippen LogP contribution is 2.31. The minimum atomic E-state index is -0.687. The van der Waals surface area contributed by atoms with Crippen molar-refractivity contribution in [3.63, 3.8) is 0 Å². The largest absolute Gasteiger partial charge is 0.514 e. The molecule has 22 heavy (non-hydrogen) atoms. The fourth-order valence-electron chi connectivity index (χ4n) is 2.46. The Morgan fingerprint density at radius 1 is 0.818 bits per heavy atom. The van der Waals surface area contributed by atoms with Gasteiger partial charge in [-0.15, -0.1) is 0 Å². The third kappa shape index (κ3) is 2.89. The van der Waals surface area contributed by atoms with Crippen LogP contribution in [0.4, 0.5) is 4.79 Å². The van der Waals surface area contributed by atoms with Gasteiger partial charge >= 0.3 is 6.16 Å². The molecule has 0 aliphatic heterocycles. The van der Waals surface area contributed by atoms with Crippen molar-refractivity contribution in [2.45, 2.75) is 26.4 Å². The molecule has 112 valence electrons.